The number of nitrogens with zero attached hydrogens (tertiary/aromatic N) is 3. The number of hydrogen-bond donors (Lipinski definition) is 1. The first kappa shape index (κ1) is 14.4. The van der Waals surface area contributed by atoms with Crippen LogP contribution in [0.5, 0.6) is 0 Å². The highest BCUT2D eigenvalue weighted by Crippen LogP contribution is 2.48. The SMILES string of the molecule is Cc1cc2c(s1)C1(C[C@@H](c3cn(C)nn3)N[C@@H](C)C1)OCC2. The molecule has 1 unspecified atom stereocenters. The third kappa shape index (κ3) is 2.30. The Labute approximate surface area is 134 Å². The van der Waals surface area contributed by atoms with Crippen molar-refractivity contribution in [3.8, 4) is 0 Å². The van der Waals surface area contributed by atoms with Crippen molar-refractivity contribution in [3.63, 3.8) is 0 Å². The number of rotatable bonds is 1. The zero-order valence-electron chi connectivity index (χ0n) is 13.3. The lowest BCUT2D eigenvalue weighted by molar-refractivity contribution is -0.0957. The van der Waals surface area contributed by atoms with Gasteiger partial charge in [-0.15, -0.1) is 16.4 Å². The number of fused-ring (bicyclic) bond motifs is 2. The van der Waals surface area contributed by atoms with Crippen molar-refractivity contribution in [1.82, 2.24) is 20.3 Å². The van der Waals surface area contributed by atoms with Crippen LogP contribution < -0.4 is 5.32 Å². The van der Waals surface area contributed by atoms with Crippen LogP contribution in [0.2, 0.25) is 0 Å². The van der Waals surface area contributed by atoms with E-state index in [0.717, 1.165) is 31.6 Å². The maximum Gasteiger partial charge on any atom is 0.106 e. The predicted octanol–water partition coefficient (Wildman–Crippen LogP) is 2.47. The lowest BCUT2D eigenvalue weighted by Gasteiger charge is -2.45. The molecule has 118 valence electrons. The van der Waals surface area contributed by atoms with Crippen molar-refractivity contribution >= 4 is 11.3 Å². The molecule has 0 radical (unpaired) electrons. The minimum Gasteiger partial charge on any atom is -0.369 e. The van der Waals surface area contributed by atoms with Gasteiger partial charge >= 0.3 is 0 Å². The van der Waals surface area contributed by atoms with E-state index in [-0.39, 0.29) is 11.6 Å². The van der Waals surface area contributed by atoms with Crippen LogP contribution in [0.25, 0.3) is 0 Å². The summed E-state index contributed by atoms with van der Waals surface area (Å²) in [6.07, 6.45) is 5.01. The molecule has 0 aromatic carbocycles. The molecule has 5 nitrogen and oxygen atoms in total. The molecule has 0 amide bonds. The van der Waals surface area contributed by atoms with Crippen LogP contribution in [0.4, 0.5) is 0 Å². The third-order valence-corrected chi connectivity index (χ3v) is 6.01. The quantitative estimate of drug-likeness (QED) is 0.877. The number of ether oxygens (including phenoxy) is 1. The number of thiophene rings is 1. The molecule has 1 spiro atoms. The molecular weight excluding hydrogens is 296 g/mol. The minimum atomic E-state index is -0.153. The van der Waals surface area contributed by atoms with Gasteiger partial charge in [-0.2, -0.15) is 0 Å². The van der Waals surface area contributed by atoms with Gasteiger partial charge in [0.25, 0.3) is 0 Å². The van der Waals surface area contributed by atoms with Crippen molar-refractivity contribution < 1.29 is 4.74 Å². The molecule has 4 heterocycles. The van der Waals surface area contributed by atoms with Gasteiger partial charge in [0.2, 0.25) is 0 Å². The van der Waals surface area contributed by atoms with E-state index < -0.39 is 0 Å². The summed E-state index contributed by atoms with van der Waals surface area (Å²) in [4.78, 5) is 2.83. The van der Waals surface area contributed by atoms with Gasteiger partial charge in [0, 0.05) is 35.5 Å². The highest BCUT2D eigenvalue weighted by atomic mass is 32.1. The molecule has 0 saturated carbocycles. The van der Waals surface area contributed by atoms with Crippen molar-refractivity contribution in [1.29, 1.82) is 0 Å². The summed E-state index contributed by atoms with van der Waals surface area (Å²) in [6.45, 7) is 5.26. The summed E-state index contributed by atoms with van der Waals surface area (Å²) < 4.78 is 8.16. The Bertz CT molecular complexity index is 694. The Morgan fingerprint density at radius 2 is 2.32 bits per heavy atom. The summed E-state index contributed by atoms with van der Waals surface area (Å²) in [5.74, 6) is 0. The lowest BCUT2D eigenvalue weighted by atomic mass is 9.79. The zero-order chi connectivity index (χ0) is 15.3. The molecule has 4 rings (SSSR count). The smallest absolute Gasteiger partial charge is 0.106 e. The molecule has 1 fully saturated rings. The van der Waals surface area contributed by atoms with E-state index in [1.807, 2.05) is 24.6 Å². The predicted molar refractivity (Wildman–Crippen MR) is 86.0 cm³/mol. The van der Waals surface area contributed by atoms with Crippen molar-refractivity contribution in [3.05, 3.63) is 33.3 Å². The van der Waals surface area contributed by atoms with Crippen LogP contribution in [0, 0.1) is 6.92 Å². The van der Waals surface area contributed by atoms with E-state index in [4.69, 9.17) is 4.74 Å². The second-order valence-electron chi connectivity index (χ2n) is 6.65. The lowest BCUT2D eigenvalue weighted by Crippen LogP contribution is -2.49. The van der Waals surface area contributed by atoms with Crippen LogP contribution >= 0.6 is 11.3 Å². The maximum atomic E-state index is 6.39. The van der Waals surface area contributed by atoms with Gasteiger partial charge in [-0.1, -0.05) is 5.21 Å². The van der Waals surface area contributed by atoms with E-state index in [1.165, 1.54) is 15.3 Å². The zero-order valence-corrected chi connectivity index (χ0v) is 14.1. The maximum absolute atomic E-state index is 6.39. The second kappa shape index (κ2) is 5.15. The highest BCUT2D eigenvalue weighted by Gasteiger charge is 2.46. The van der Waals surface area contributed by atoms with Crippen LogP contribution in [0.3, 0.4) is 0 Å². The Morgan fingerprint density at radius 1 is 1.45 bits per heavy atom. The molecule has 0 aliphatic carbocycles. The summed E-state index contributed by atoms with van der Waals surface area (Å²) in [5.41, 5.74) is 2.34. The number of piperidine rings is 1. The Morgan fingerprint density at radius 3 is 3.09 bits per heavy atom. The largest absolute Gasteiger partial charge is 0.369 e. The van der Waals surface area contributed by atoms with Gasteiger partial charge in [-0.05, 0) is 38.3 Å². The third-order valence-electron chi connectivity index (χ3n) is 4.73. The first-order valence-corrected chi connectivity index (χ1v) is 8.73. The molecule has 2 aromatic heterocycles. The average Bonchev–Trinajstić information content (AvgIpc) is 3.04. The van der Waals surface area contributed by atoms with Gasteiger partial charge in [0.05, 0.1) is 18.3 Å². The molecule has 22 heavy (non-hydrogen) atoms. The van der Waals surface area contributed by atoms with E-state index in [2.05, 4.69) is 35.5 Å². The van der Waals surface area contributed by atoms with E-state index >= 15 is 0 Å². The summed E-state index contributed by atoms with van der Waals surface area (Å²) in [7, 11) is 1.91. The first-order chi connectivity index (χ1) is 10.6. The van der Waals surface area contributed by atoms with Gasteiger partial charge in [-0.25, -0.2) is 0 Å². The summed E-state index contributed by atoms with van der Waals surface area (Å²) in [6, 6.07) is 2.94. The number of aromatic nitrogens is 3. The monoisotopic (exact) mass is 318 g/mol. The van der Waals surface area contributed by atoms with Gasteiger partial charge in [0.1, 0.15) is 5.60 Å². The van der Waals surface area contributed by atoms with Crippen LogP contribution in [0.15, 0.2) is 12.3 Å². The van der Waals surface area contributed by atoms with Crippen molar-refractivity contribution in [2.24, 2.45) is 7.05 Å². The number of hydrogen-bond acceptors (Lipinski definition) is 5. The molecule has 3 atom stereocenters. The van der Waals surface area contributed by atoms with E-state index in [9.17, 15) is 0 Å². The van der Waals surface area contributed by atoms with Crippen LogP contribution in [-0.2, 0) is 23.8 Å². The minimum absolute atomic E-state index is 0.153. The van der Waals surface area contributed by atoms with Crippen LogP contribution in [0.1, 0.15) is 46.8 Å². The number of nitrogens with one attached hydrogen (secondary N) is 1. The highest BCUT2D eigenvalue weighted by molar-refractivity contribution is 7.12. The fourth-order valence-electron chi connectivity index (χ4n) is 3.95. The molecule has 2 aliphatic heterocycles. The van der Waals surface area contributed by atoms with E-state index in [1.54, 1.807) is 4.68 Å². The molecule has 0 bridgehead atoms. The second-order valence-corrected chi connectivity index (χ2v) is 7.91. The Kier molecular flexibility index (Phi) is 3.36. The Balaban J connectivity index is 1.72. The normalized spacial score (nSPS) is 31.4. The summed E-state index contributed by atoms with van der Waals surface area (Å²) in [5, 5.41) is 12.1. The standard InChI is InChI=1S/C16H22N4OS/c1-10-7-16(8-13(17-10)14-9-20(3)19-18-14)15-12(4-5-21-16)6-11(2)22-15/h6,9-10,13,17H,4-5,7-8H2,1-3H3/t10-,13-,16?/m0/s1. The fraction of sp³-hybridized carbons (Fsp3) is 0.625. The topological polar surface area (TPSA) is 52.0 Å². The molecule has 2 aromatic rings. The molecule has 6 heteroatoms. The van der Waals surface area contributed by atoms with Crippen LogP contribution in [-0.4, -0.2) is 27.6 Å². The van der Waals surface area contributed by atoms with Crippen molar-refractivity contribution in [2.75, 3.05) is 6.61 Å². The number of aryl methyl sites for hydroxylation is 2. The van der Waals surface area contributed by atoms with Gasteiger partial charge in [-0.3, -0.25) is 4.68 Å². The first-order valence-electron chi connectivity index (χ1n) is 7.92. The molecule has 1 N–H and O–H groups in total. The fourth-order valence-corrected chi connectivity index (χ4v) is 5.17. The van der Waals surface area contributed by atoms with E-state index in [0.29, 0.717) is 6.04 Å². The molecule has 1 saturated heterocycles. The Hall–Kier alpha value is -1.24. The molecular formula is C16H22N4OS. The average molecular weight is 318 g/mol. The van der Waals surface area contributed by atoms with Gasteiger partial charge in [0.15, 0.2) is 0 Å². The summed E-state index contributed by atoms with van der Waals surface area (Å²) >= 11 is 1.91. The van der Waals surface area contributed by atoms with Gasteiger partial charge < -0.3 is 10.1 Å². The molecule has 2 aliphatic rings. The van der Waals surface area contributed by atoms with Crippen molar-refractivity contribution in [2.45, 2.75) is 50.8 Å².